The first-order valence-corrected chi connectivity index (χ1v) is 10.2. The van der Waals surface area contributed by atoms with Crippen LogP contribution in [0.3, 0.4) is 0 Å². The molecule has 1 aliphatic rings. The van der Waals surface area contributed by atoms with Gasteiger partial charge in [0.05, 0.1) is 0 Å². The van der Waals surface area contributed by atoms with Crippen LogP contribution >= 0.6 is 51.7 Å². The minimum absolute atomic E-state index is 0. The van der Waals surface area contributed by atoms with Gasteiger partial charge in [0, 0.05) is 49.6 Å². The Labute approximate surface area is 181 Å². The number of hydrogen-bond acceptors (Lipinski definition) is 3. The Morgan fingerprint density at radius 3 is 2.64 bits per heavy atom. The molecule has 0 amide bonds. The molecule has 0 unspecified atom stereocenters. The zero-order chi connectivity index (χ0) is 17.4. The first-order chi connectivity index (χ1) is 11.6. The Hall–Kier alpha value is 0.01000. The zero-order valence-corrected chi connectivity index (χ0v) is 20.0. The number of thioether (sulfide) groups is 1. The van der Waals surface area contributed by atoms with E-state index in [1.165, 1.54) is 5.56 Å². The summed E-state index contributed by atoms with van der Waals surface area (Å²) in [5.41, 5.74) is 1.26. The number of halogens is 2. The van der Waals surface area contributed by atoms with E-state index in [1.807, 2.05) is 24.9 Å². The lowest BCUT2D eigenvalue weighted by molar-refractivity contribution is 0.0780. The summed E-state index contributed by atoms with van der Waals surface area (Å²) in [6.45, 7) is 5.70. The molecular formula is C18H29BrIN3OS. The van der Waals surface area contributed by atoms with Crippen molar-refractivity contribution in [2.75, 3.05) is 39.6 Å². The summed E-state index contributed by atoms with van der Waals surface area (Å²) in [4.78, 5) is 6.64. The van der Waals surface area contributed by atoms with Gasteiger partial charge in [-0.3, -0.25) is 4.99 Å². The smallest absolute Gasteiger partial charge is 0.193 e. The minimum atomic E-state index is 0. The number of nitrogens with one attached hydrogen (secondary N) is 1. The van der Waals surface area contributed by atoms with Crippen LogP contribution in [-0.4, -0.2) is 55.2 Å². The minimum Gasteiger partial charge on any atom is -0.381 e. The number of guanidine groups is 1. The molecule has 1 N–H and O–H groups in total. The zero-order valence-electron chi connectivity index (χ0n) is 15.3. The van der Waals surface area contributed by atoms with E-state index in [0.29, 0.717) is 0 Å². The van der Waals surface area contributed by atoms with Gasteiger partial charge in [0.2, 0.25) is 0 Å². The third-order valence-corrected chi connectivity index (χ3v) is 6.59. The van der Waals surface area contributed by atoms with E-state index < -0.39 is 0 Å². The average molecular weight is 542 g/mol. The molecule has 25 heavy (non-hydrogen) atoms. The molecule has 0 radical (unpaired) electrons. The molecule has 4 nitrogen and oxygen atoms in total. The van der Waals surface area contributed by atoms with Gasteiger partial charge in [-0.25, -0.2) is 0 Å². The van der Waals surface area contributed by atoms with Crippen molar-refractivity contribution in [1.82, 2.24) is 10.2 Å². The number of nitrogens with zero attached hydrogens (tertiary/aromatic N) is 2. The normalized spacial score (nSPS) is 16.9. The molecule has 0 saturated carbocycles. The summed E-state index contributed by atoms with van der Waals surface area (Å²) in [7, 11) is 3.93. The molecule has 2 rings (SSSR count). The monoisotopic (exact) mass is 541 g/mol. The molecule has 142 valence electrons. The maximum absolute atomic E-state index is 5.56. The molecule has 0 aliphatic carbocycles. The van der Waals surface area contributed by atoms with Crippen molar-refractivity contribution in [1.29, 1.82) is 0 Å². The van der Waals surface area contributed by atoms with Crippen molar-refractivity contribution in [3.8, 4) is 0 Å². The topological polar surface area (TPSA) is 36.9 Å². The third-order valence-electron chi connectivity index (χ3n) is 4.36. The van der Waals surface area contributed by atoms with Crippen molar-refractivity contribution in [3.05, 3.63) is 34.3 Å². The molecule has 0 atom stereocenters. The van der Waals surface area contributed by atoms with E-state index in [4.69, 9.17) is 4.74 Å². The fraction of sp³-hybridized carbons (Fsp3) is 0.611. The van der Waals surface area contributed by atoms with Gasteiger partial charge < -0.3 is 15.0 Å². The second kappa shape index (κ2) is 11.7. The molecule has 1 aromatic carbocycles. The van der Waals surface area contributed by atoms with Crippen LogP contribution in [0.2, 0.25) is 0 Å². The number of aliphatic imine (C=N–C) groups is 1. The summed E-state index contributed by atoms with van der Waals surface area (Å²) in [6.07, 6.45) is 2.20. The number of hydrogen-bond donors (Lipinski definition) is 1. The second-order valence-electron chi connectivity index (χ2n) is 6.08. The quantitative estimate of drug-likeness (QED) is 0.329. The van der Waals surface area contributed by atoms with Crippen LogP contribution in [0.1, 0.15) is 25.3 Å². The van der Waals surface area contributed by atoms with Crippen LogP contribution < -0.4 is 5.32 Å². The lowest BCUT2D eigenvalue weighted by Gasteiger charge is -2.37. The first-order valence-electron chi connectivity index (χ1n) is 8.47. The van der Waals surface area contributed by atoms with Crippen molar-refractivity contribution in [2.24, 2.45) is 4.99 Å². The molecule has 1 saturated heterocycles. The van der Waals surface area contributed by atoms with E-state index in [2.05, 4.69) is 63.3 Å². The number of rotatable bonds is 6. The van der Waals surface area contributed by atoms with Gasteiger partial charge >= 0.3 is 0 Å². The van der Waals surface area contributed by atoms with Gasteiger partial charge in [-0.2, -0.15) is 11.8 Å². The predicted molar refractivity (Wildman–Crippen MR) is 123 cm³/mol. The van der Waals surface area contributed by atoms with Crippen LogP contribution in [0.4, 0.5) is 0 Å². The largest absolute Gasteiger partial charge is 0.381 e. The molecule has 0 spiro atoms. The molecule has 1 fully saturated rings. The molecule has 1 aromatic rings. The van der Waals surface area contributed by atoms with Gasteiger partial charge in [-0.15, -0.1) is 24.0 Å². The van der Waals surface area contributed by atoms with Crippen molar-refractivity contribution >= 4 is 57.6 Å². The van der Waals surface area contributed by atoms with Gasteiger partial charge in [-0.1, -0.05) is 41.1 Å². The first kappa shape index (κ1) is 23.0. The molecule has 0 bridgehead atoms. The summed E-state index contributed by atoms with van der Waals surface area (Å²) in [6, 6.07) is 8.33. The van der Waals surface area contributed by atoms with Crippen molar-refractivity contribution in [3.63, 3.8) is 0 Å². The number of benzene rings is 1. The summed E-state index contributed by atoms with van der Waals surface area (Å²) in [5, 5.41) is 3.59. The highest BCUT2D eigenvalue weighted by Gasteiger charge is 2.33. The van der Waals surface area contributed by atoms with Crippen LogP contribution in [0, 0.1) is 0 Å². The Bertz CT molecular complexity index is 547. The van der Waals surface area contributed by atoms with Crippen LogP contribution in [0.15, 0.2) is 33.7 Å². The summed E-state index contributed by atoms with van der Waals surface area (Å²) >= 11 is 5.67. The maximum atomic E-state index is 5.56. The van der Waals surface area contributed by atoms with E-state index in [1.54, 1.807) is 0 Å². The van der Waals surface area contributed by atoms with Gasteiger partial charge in [-0.05, 0) is 30.2 Å². The lowest BCUT2D eigenvalue weighted by Crippen LogP contribution is -2.48. The highest BCUT2D eigenvalue weighted by Crippen LogP contribution is 2.34. The SMILES string of the molecule is CCSC1(CNC(=NC)N(C)Cc2ccccc2Br)CCOCC1.I. The summed E-state index contributed by atoms with van der Waals surface area (Å²) < 4.78 is 6.95. The van der Waals surface area contributed by atoms with Crippen molar-refractivity contribution in [2.45, 2.75) is 31.1 Å². The third kappa shape index (κ3) is 6.92. The van der Waals surface area contributed by atoms with Crippen LogP contribution in [-0.2, 0) is 11.3 Å². The standard InChI is InChI=1S/C18H28BrN3OS.HI/c1-4-24-18(9-11-23-12-10-18)14-21-17(20-2)22(3)13-15-7-5-6-8-16(15)19;/h5-8H,4,9-14H2,1-3H3,(H,20,21);1H. The Balaban J connectivity index is 0.00000312. The van der Waals surface area contributed by atoms with Crippen LogP contribution in [0.5, 0.6) is 0 Å². The Kier molecular flexibility index (Phi) is 10.8. The van der Waals surface area contributed by atoms with Gasteiger partial charge in [0.25, 0.3) is 0 Å². The fourth-order valence-corrected chi connectivity index (χ4v) is 4.66. The molecule has 0 aromatic heterocycles. The van der Waals surface area contributed by atoms with Crippen LogP contribution in [0.25, 0.3) is 0 Å². The fourth-order valence-electron chi connectivity index (χ4n) is 3.00. The van der Waals surface area contributed by atoms with E-state index in [9.17, 15) is 0 Å². The maximum Gasteiger partial charge on any atom is 0.193 e. The average Bonchev–Trinajstić information content (AvgIpc) is 2.58. The van der Waals surface area contributed by atoms with E-state index in [0.717, 1.165) is 55.3 Å². The van der Waals surface area contributed by atoms with E-state index in [-0.39, 0.29) is 28.7 Å². The molecule has 7 heteroatoms. The second-order valence-corrected chi connectivity index (χ2v) is 8.66. The van der Waals surface area contributed by atoms with E-state index >= 15 is 0 Å². The Morgan fingerprint density at radius 1 is 1.36 bits per heavy atom. The van der Waals surface area contributed by atoms with Gasteiger partial charge in [0.15, 0.2) is 5.96 Å². The summed E-state index contributed by atoms with van der Waals surface area (Å²) in [5.74, 6) is 2.07. The highest BCUT2D eigenvalue weighted by molar-refractivity contribution is 14.0. The molecule has 1 aliphatic heterocycles. The van der Waals surface area contributed by atoms with Gasteiger partial charge in [0.1, 0.15) is 0 Å². The number of ether oxygens (including phenoxy) is 1. The van der Waals surface area contributed by atoms with Crippen molar-refractivity contribution < 1.29 is 4.74 Å². The lowest BCUT2D eigenvalue weighted by atomic mass is 9.99. The molecule has 1 heterocycles. The highest BCUT2D eigenvalue weighted by atomic mass is 127. The Morgan fingerprint density at radius 2 is 2.04 bits per heavy atom. The molecular weight excluding hydrogens is 513 g/mol. The predicted octanol–water partition coefficient (Wildman–Crippen LogP) is 4.38.